The molecule has 28 heavy (non-hydrogen) atoms. The number of nitrogens with zero attached hydrogens (tertiary/aromatic N) is 1. The summed E-state index contributed by atoms with van der Waals surface area (Å²) in [6, 6.07) is 14.3. The van der Waals surface area contributed by atoms with Gasteiger partial charge >= 0.3 is 0 Å². The summed E-state index contributed by atoms with van der Waals surface area (Å²) in [6.45, 7) is 6.92. The number of hydrogen-bond acceptors (Lipinski definition) is 4. The predicted molar refractivity (Wildman–Crippen MR) is 122 cm³/mol. The summed E-state index contributed by atoms with van der Waals surface area (Å²) in [4.78, 5) is 15.3. The highest BCUT2D eigenvalue weighted by molar-refractivity contribution is 8.26. The molecule has 146 valence electrons. The Balaban J connectivity index is 1.82. The number of hydrogen-bond donors (Lipinski definition) is 0. The first kappa shape index (κ1) is 20.6. The second kappa shape index (κ2) is 8.93. The number of amides is 1. The molecule has 3 rings (SSSR count). The lowest BCUT2D eigenvalue weighted by Crippen LogP contribution is -2.30. The van der Waals surface area contributed by atoms with Gasteiger partial charge in [0, 0.05) is 6.54 Å². The van der Waals surface area contributed by atoms with Crippen LogP contribution in [0, 0.1) is 6.92 Å². The molecule has 0 spiro atoms. The van der Waals surface area contributed by atoms with Gasteiger partial charge < -0.3 is 4.74 Å². The molecule has 0 saturated carbocycles. The SMILES string of the molecule is COc1cc(C)c(/C=C2/SC(=S)N(CCc3ccccc3)C2=O)cc1C(C)C. The Bertz CT molecular complexity index is 920. The number of benzene rings is 2. The van der Waals surface area contributed by atoms with Crippen LogP contribution >= 0.6 is 24.0 Å². The lowest BCUT2D eigenvalue weighted by atomic mass is 9.96. The van der Waals surface area contributed by atoms with E-state index in [1.807, 2.05) is 37.3 Å². The zero-order valence-electron chi connectivity index (χ0n) is 16.7. The Morgan fingerprint density at radius 2 is 1.93 bits per heavy atom. The minimum absolute atomic E-state index is 0.00718. The van der Waals surface area contributed by atoms with Crippen molar-refractivity contribution >= 4 is 40.3 Å². The van der Waals surface area contributed by atoms with Crippen molar-refractivity contribution in [3.8, 4) is 5.75 Å². The van der Waals surface area contributed by atoms with Gasteiger partial charge in [0.1, 0.15) is 10.1 Å². The number of thiocarbonyl (C=S) groups is 1. The number of carbonyl (C=O) groups is 1. The molecule has 0 atom stereocenters. The fourth-order valence-electron chi connectivity index (χ4n) is 3.22. The quantitative estimate of drug-likeness (QED) is 0.459. The summed E-state index contributed by atoms with van der Waals surface area (Å²) in [5, 5.41) is 0. The fraction of sp³-hybridized carbons (Fsp3) is 0.304. The predicted octanol–water partition coefficient (Wildman–Crippen LogP) is 5.57. The highest BCUT2D eigenvalue weighted by Crippen LogP contribution is 2.35. The zero-order chi connectivity index (χ0) is 20.3. The van der Waals surface area contributed by atoms with Gasteiger partial charge in [0.15, 0.2) is 0 Å². The van der Waals surface area contributed by atoms with E-state index in [1.54, 1.807) is 12.0 Å². The van der Waals surface area contributed by atoms with Gasteiger partial charge in [-0.05, 0) is 59.7 Å². The first-order valence-corrected chi connectivity index (χ1v) is 10.6. The number of aryl methyl sites for hydroxylation is 1. The summed E-state index contributed by atoms with van der Waals surface area (Å²) < 4.78 is 6.15. The van der Waals surface area contributed by atoms with Crippen molar-refractivity contribution < 1.29 is 9.53 Å². The van der Waals surface area contributed by atoms with E-state index in [0.717, 1.165) is 28.9 Å². The summed E-state index contributed by atoms with van der Waals surface area (Å²) in [6.07, 6.45) is 2.75. The zero-order valence-corrected chi connectivity index (χ0v) is 18.3. The molecule has 0 unspecified atom stereocenters. The van der Waals surface area contributed by atoms with Gasteiger partial charge in [-0.3, -0.25) is 9.69 Å². The first-order valence-electron chi connectivity index (χ1n) is 9.38. The van der Waals surface area contributed by atoms with E-state index in [4.69, 9.17) is 17.0 Å². The Morgan fingerprint density at radius 1 is 1.21 bits per heavy atom. The monoisotopic (exact) mass is 411 g/mol. The maximum Gasteiger partial charge on any atom is 0.266 e. The molecule has 1 aliphatic rings. The molecule has 3 nitrogen and oxygen atoms in total. The Morgan fingerprint density at radius 3 is 2.57 bits per heavy atom. The Hall–Kier alpha value is -2.11. The van der Waals surface area contributed by atoms with Crippen molar-refractivity contribution in [1.82, 2.24) is 4.90 Å². The molecule has 1 heterocycles. The van der Waals surface area contributed by atoms with Crippen molar-refractivity contribution in [2.75, 3.05) is 13.7 Å². The van der Waals surface area contributed by atoms with Gasteiger partial charge in [0.05, 0.1) is 12.0 Å². The van der Waals surface area contributed by atoms with Crippen LogP contribution in [0.1, 0.15) is 42.0 Å². The molecular formula is C23H25NO2S2. The lowest BCUT2D eigenvalue weighted by Gasteiger charge is -2.15. The second-order valence-corrected chi connectivity index (χ2v) is 8.85. The minimum atomic E-state index is -0.00718. The Labute approximate surface area is 176 Å². The van der Waals surface area contributed by atoms with E-state index in [2.05, 4.69) is 32.0 Å². The number of carbonyl (C=O) groups excluding carboxylic acids is 1. The van der Waals surface area contributed by atoms with Crippen LogP contribution in [0.4, 0.5) is 0 Å². The van der Waals surface area contributed by atoms with Crippen molar-refractivity contribution in [3.05, 3.63) is 69.6 Å². The minimum Gasteiger partial charge on any atom is -0.496 e. The third kappa shape index (κ3) is 4.47. The van der Waals surface area contributed by atoms with Crippen LogP contribution in [0.5, 0.6) is 5.75 Å². The van der Waals surface area contributed by atoms with Gasteiger partial charge in [-0.25, -0.2) is 0 Å². The smallest absolute Gasteiger partial charge is 0.266 e. The van der Waals surface area contributed by atoms with Gasteiger partial charge in [-0.15, -0.1) is 0 Å². The van der Waals surface area contributed by atoms with Gasteiger partial charge in [0.2, 0.25) is 0 Å². The maximum atomic E-state index is 12.9. The number of rotatable bonds is 6. The summed E-state index contributed by atoms with van der Waals surface area (Å²) in [5.41, 5.74) is 4.45. The second-order valence-electron chi connectivity index (χ2n) is 7.17. The molecule has 0 radical (unpaired) electrons. The van der Waals surface area contributed by atoms with Crippen LogP contribution < -0.4 is 4.74 Å². The molecule has 1 saturated heterocycles. The van der Waals surface area contributed by atoms with Gasteiger partial charge in [-0.1, -0.05) is 68.2 Å². The molecule has 5 heteroatoms. The molecule has 2 aromatic carbocycles. The molecule has 1 aliphatic heterocycles. The third-order valence-electron chi connectivity index (χ3n) is 4.87. The highest BCUT2D eigenvalue weighted by atomic mass is 32.2. The maximum absolute atomic E-state index is 12.9. The van der Waals surface area contributed by atoms with Crippen LogP contribution in [0.3, 0.4) is 0 Å². The summed E-state index contributed by atoms with van der Waals surface area (Å²) in [5.74, 6) is 1.22. The van der Waals surface area contributed by atoms with E-state index in [0.29, 0.717) is 21.7 Å². The molecule has 0 bridgehead atoms. The van der Waals surface area contributed by atoms with Crippen LogP contribution in [-0.2, 0) is 11.2 Å². The van der Waals surface area contributed by atoms with Crippen molar-refractivity contribution in [2.45, 2.75) is 33.1 Å². The van der Waals surface area contributed by atoms with Crippen molar-refractivity contribution in [1.29, 1.82) is 0 Å². The van der Waals surface area contributed by atoms with Gasteiger partial charge in [-0.2, -0.15) is 0 Å². The molecular weight excluding hydrogens is 386 g/mol. The molecule has 0 N–H and O–H groups in total. The third-order valence-corrected chi connectivity index (χ3v) is 6.25. The number of thioether (sulfide) groups is 1. The average molecular weight is 412 g/mol. The average Bonchev–Trinajstić information content (AvgIpc) is 2.95. The molecule has 1 fully saturated rings. The van der Waals surface area contributed by atoms with Crippen LogP contribution in [0.25, 0.3) is 6.08 Å². The van der Waals surface area contributed by atoms with E-state index in [-0.39, 0.29) is 5.91 Å². The van der Waals surface area contributed by atoms with E-state index in [9.17, 15) is 4.79 Å². The van der Waals surface area contributed by atoms with Gasteiger partial charge in [0.25, 0.3) is 5.91 Å². The van der Waals surface area contributed by atoms with Crippen LogP contribution in [-0.4, -0.2) is 28.8 Å². The molecule has 1 amide bonds. The lowest BCUT2D eigenvalue weighted by molar-refractivity contribution is -0.122. The van der Waals surface area contributed by atoms with Crippen LogP contribution in [0.2, 0.25) is 0 Å². The van der Waals surface area contributed by atoms with E-state index in [1.165, 1.54) is 17.3 Å². The summed E-state index contributed by atoms with van der Waals surface area (Å²) >= 11 is 6.86. The van der Waals surface area contributed by atoms with Crippen molar-refractivity contribution in [2.24, 2.45) is 0 Å². The van der Waals surface area contributed by atoms with Crippen LogP contribution in [0.15, 0.2) is 47.4 Å². The Kier molecular flexibility index (Phi) is 6.57. The van der Waals surface area contributed by atoms with E-state index < -0.39 is 0 Å². The standard InChI is InChI=1S/C23H25NO2S2/c1-15(2)19-13-18(16(3)12-20(19)26-4)14-21-22(25)24(23(27)28-21)11-10-17-8-6-5-7-9-17/h5-9,12-15H,10-11H2,1-4H3/b21-14+. The molecule has 0 aromatic heterocycles. The van der Waals surface area contributed by atoms with E-state index >= 15 is 0 Å². The number of methoxy groups -OCH3 is 1. The highest BCUT2D eigenvalue weighted by Gasteiger charge is 2.31. The molecule has 2 aromatic rings. The largest absolute Gasteiger partial charge is 0.496 e. The summed E-state index contributed by atoms with van der Waals surface area (Å²) in [7, 11) is 1.69. The first-order chi connectivity index (χ1) is 13.4. The normalized spacial score (nSPS) is 15.8. The molecule has 0 aliphatic carbocycles. The fourth-order valence-corrected chi connectivity index (χ4v) is 4.52. The number of ether oxygens (including phenoxy) is 1. The topological polar surface area (TPSA) is 29.5 Å². The van der Waals surface area contributed by atoms with Crippen molar-refractivity contribution in [3.63, 3.8) is 0 Å².